The first-order valence-electron chi connectivity index (χ1n) is 4.08. The van der Waals surface area contributed by atoms with Gasteiger partial charge in [-0.1, -0.05) is 18.2 Å². The van der Waals surface area contributed by atoms with E-state index >= 15 is 0 Å². The van der Waals surface area contributed by atoms with E-state index in [1.54, 1.807) is 0 Å². The Morgan fingerprint density at radius 2 is 2.08 bits per heavy atom. The highest BCUT2D eigenvalue weighted by molar-refractivity contribution is 7.99. The molecule has 0 aromatic heterocycles. The molecule has 0 radical (unpaired) electrons. The van der Waals surface area contributed by atoms with Gasteiger partial charge in [0.2, 0.25) is 0 Å². The van der Waals surface area contributed by atoms with E-state index < -0.39 is 0 Å². The molecule has 12 heavy (non-hydrogen) atoms. The van der Waals surface area contributed by atoms with Crippen molar-refractivity contribution in [1.29, 1.82) is 0 Å². The molecule has 0 fully saturated rings. The number of benzene rings is 1. The average molecular weight is 180 g/mol. The molecular formula is C10H12OS. The van der Waals surface area contributed by atoms with E-state index in [0.717, 1.165) is 11.5 Å². The second-order valence-corrected chi connectivity index (χ2v) is 4.96. The number of rotatable bonds is 0. The first-order valence-corrected chi connectivity index (χ1v) is 5.07. The summed E-state index contributed by atoms with van der Waals surface area (Å²) in [6.07, 6.45) is 0. The summed E-state index contributed by atoms with van der Waals surface area (Å²) in [5.41, 5.74) is 1.31. The molecule has 1 aromatic carbocycles. The predicted molar refractivity (Wildman–Crippen MR) is 52.4 cm³/mol. The lowest BCUT2D eigenvalue weighted by molar-refractivity contribution is 0.200. The van der Waals surface area contributed by atoms with Gasteiger partial charge in [-0.15, -0.1) is 11.8 Å². The van der Waals surface area contributed by atoms with E-state index in [0.29, 0.717) is 0 Å². The highest BCUT2D eigenvalue weighted by Crippen LogP contribution is 2.39. The van der Waals surface area contributed by atoms with Crippen LogP contribution in [0.3, 0.4) is 0 Å². The summed E-state index contributed by atoms with van der Waals surface area (Å²) in [5.74, 6) is 2.10. The molecule has 0 saturated heterocycles. The second-order valence-electron chi connectivity index (χ2n) is 3.40. The van der Waals surface area contributed by atoms with Gasteiger partial charge in [0, 0.05) is 11.3 Å². The molecule has 1 aliphatic heterocycles. The Bertz CT molecular complexity index is 294. The first-order chi connectivity index (χ1) is 5.67. The minimum Gasteiger partial charge on any atom is -0.477 e. The maximum atomic E-state index is 5.78. The number of fused-ring (bicyclic) bond motifs is 1. The molecular weight excluding hydrogens is 168 g/mol. The molecule has 1 heterocycles. The van der Waals surface area contributed by atoms with Crippen LogP contribution in [-0.4, -0.2) is 4.93 Å². The Labute approximate surface area is 77.1 Å². The summed E-state index contributed by atoms with van der Waals surface area (Å²) in [6.45, 7) is 4.21. The van der Waals surface area contributed by atoms with E-state index in [1.807, 2.05) is 23.9 Å². The van der Waals surface area contributed by atoms with Gasteiger partial charge in [0.05, 0.1) is 0 Å². The lowest BCUT2D eigenvalue weighted by Crippen LogP contribution is -2.27. The van der Waals surface area contributed by atoms with Crippen molar-refractivity contribution in [3.8, 4) is 5.75 Å². The fourth-order valence-electron chi connectivity index (χ4n) is 1.27. The molecule has 0 amide bonds. The quantitative estimate of drug-likeness (QED) is 0.607. The first kappa shape index (κ1) is 7.99. The summed E-state index contributed by atoms with van der Waals surface area (Å²) >= 11 is 1.84. The SMILES string of the molecule is CC1(C)Oc2ccccc2CS1. The zero-order valence-corrected chi connectivity index (χ0v) is 8.15. The van der Waals surface area contributed by atoms with Gasteiger partial charge in [-0.3, -0.25) is 0 Å². The zero-order valence-electron chi connectivity index (χ0n) is 7.33. The molecule has 2 rings (SSSR count). The van der Waals surface area contributed by atoms with Gasteiger partial charge in [0.1, 0.15) is 10.7 Å². The van der Waals surface area contributed by atoms with Crippen LogP contribution >= 0.6 is 11.8 Å². The Hall–Kier alpha value is -0.630. The van der Waals surface area contributed by atoms with Crippen LogP contribution in [0.2, 0.25) is 0 Å². The fraction of sp³-hybridized carbons (Fsp3) is 0.400. The Morgan fingerprint density at radius 3 is 2.92 bits per heavy atom. The van der Waals surface area contributed by atoms with Crippen molar-refractivity contribution in [2.24, 2.45) is 0 Å². The van der Waals surface area contributed by atoms with Crippen LogP contribution in [0, 0.1) is 0 Å². The van der Waals surface area contributed by atoms with E-state index in [-0.39, 0.29) is 4.93 Å². The van der Waals surface area contributed by atoms with Crippen LogP contribution in [0.25, 0.3) is 0 Å². The minimum atomic E-state index is -0.0612. The molecule has 0 bridgehead atoms. The number of para-hydroxylation sites is 1. The number of thioether (sulfide) groups is 1. The number of ether oxygens (including phenoxy) is 1. The summed E-state index contributed by atoms with van der Waals surface area (Å²) in [6, 6.07) is 8.24. The van der Waals surface area contributed by atoms with E-state index in [2.05, 4.69) is 26.0 Å². The van der Waals surface area contributed by atoms with Crippen molar-refractivity contribution in [2.45, 2.75) is 24.5 Å². The van der Waals surface area contributed by atoms with E-state index in [4.69, 9.17) is 4.74 Å². The van der Waals surface area contributed by atoms with Gasteiger partial charge in [0.25, 0.3) is 0 Å². The standard InChI is InChI=1S/C10H12OS/c1-10(2)11-9-6-4-3-5-8(9)7-12-10/h3-6H,7H2,1-2H3. The Morgan fingerprint density at radius 1 is 1.33 bits per heavy atom. The van der Waals surface area contributed by atoms with Gasteiger partial charge in [-0.2, -0.15) is 0 Å². The molecule has 1 aliphatic rings. The highest BCUT2D eigenvalue weighted by Gasteiger charge is 2.26. The Balaban J connectivity index is 2.35. The van der Waals surface area contributed by atoms with Crippen molar-refractivity contribution in [2.75, 3.05) is 0 Å². The van der Waals surface area contributed by atoms with Crippen LogP contribution in [-0.2, 0) is 5.75 Å². The summed E-state index contributed by atoms with van der Waals surface area (Å²) in [5, 5.41) is 0. The van der Waals surface area contributed by atoms with Gasteiger partial charge < -0.3 is 4.74 Å². The molecule has 1 aromatic rings. The Kier molecular flexibility index (Phi) is 1.80. The number of hydrogen-bond donors (Lipinski definition) is 0. The third kappa shape index (κ3) is 1.44. The summed E-state index contributed by atoms with van der Waals surface area (Å²) < 4.78 is 5.78. The van der Waals surface area contributed by atoms with Crippen molar-refractivity contribution < 1.29 is 4.74 Å². The summed E-state index contributed by atoms with van der Waals surface area (Å²) in [7, 11) is 0. The maximum absolute atomic E-state index is 5.78. The molecule has 0 atom stereocenters. The second kappa shape index (κ2) is 2.70. The third-order valence-electron chi connectivity index (χ3n) is 1.90. The minimum absolute atomic E-state index is 0.0612. The fourth-order valence-corrected chi connectivity index (χ4v) is 2.16. The molecule has 0 unspecified atom stereocenters. The van der Waals surface area contributed by atoms with Gasteiger partial charge in [0.15, 0.2) is 0 Å². The van der Waals surface area contributed by atoms with Crippen molar-refractivity contribution >= 4 is 11.8 Å². The zero-order chi connectivity index (χ0) is 8.60. The summed E-state index contributed by atoms with van der Waals surface area (Å²) in [4.78, 5) is -0.0612. The van der Waals surface area contributed by atoms with Crippen LogP contribution < -0.4 is 4.74 Å². The average Bonchev–Trinajstić information content (AvgIpc) is 2.02. The van der Waals surface area contributed by atoms with E-state index in [9.17, 15) is 0 Å². The monoisotopic (exact) mass is 180 g/mol. The predicted octanol–water partition coefficient (Wildman–Crippen LogP) is 3.05. The van der Waals surface area contributed by atoms with Gasteiger partial charge in [-0.25, -0.2) is 0 Å². The molecule has 2 heteroatoms. The van der Waals surface area contributed by atoms with Crippen LogP contribution in [0.5, 0.6) is 5.75 Å². The number of hydrogen-bond acceptors (Lipinski definition) is 2. The molecule has 0 spiro atoms. The van der Waals surface area contributed by atoms with Gasteiger partial charge in [-0.05, 0) is 19.9 Å². The molecule has 1 nitrogen and oxygen atoms in total. The van der Waals surface area contributed by atoms with Crippen LogP contribution in [0.4, 0.5) is 0 Å². The normalized spacial score (nSPS) is 19.5. The third-order valence-corrected chi connectivity index (χ3v) is 3.14. The van der Waals surface area contributed by atoms with Crippen molar-refractivity contribution in [3.63, 3.8) is 0 Å². The van der Waals surface area contributed by atoms with Crippen molar-refractivity contribution in [3.05, 3.63) is 29.8 Å². The highest BCUT2D eigenvalue weighted by atomic mass is 32.2. The smallest absolute Gasteiger partial charge is 0.149 e. The maximum Gasteiger partial charge on any atom is 0.149 e. The largest absolute Gasteiger partial charge is 0.477 e. The molecule has 64 valence electrons. The molecule has 0 aliphatic carbocycles. The van der Waals surface area contributed by atoms with Crippen LogP contribution in [0.1, 0.15) is 19.4 Å². The molecule has 0 N–H and O–H groups in total. The lowest BCUT2D eigenvalue weighted by atomic mass is 10.2. The molecule has 0 saturated carbocycles. The van der Waals surface area contributed by atoms with Crippen molar-refractivity contribution in [1.82, 2.24) is 0 Å². The van der Waals surface area contributed by atoms with Gasteiger partial charge >= 0.3 is 0 Å². The topological polar surface area (TPSA) is 9.23 Å². The lowest BCUT2D eigenvalue weighted by Gasteiger charge is -2.31. The van der Waals surface area contributed by atoms with E-state index in [1.165, 1.54) is 5.56 Å². The van der Waals surface area contributed by atoms with Crippen LogP contribution in [0.15, 0.2) is 24.3 Å².